The number of urea groups is 1. The molecule has 1 fully saturated rings. The molecule has 0 heterocycles. The number of amides is 2. The van der Waals surface area contributed by atoms with Crippen LogP contribution in [0.5, 0.6) is 0 Å². The Morgan fingerprint density at radius 2 is 1.95 bits per heavy atom. The van der Waals surface area contributed by atoms with E-state index in [1.54, 1.807) is 6.92 Å². The van der Waals surface area contributed by atoms with Gasteiger partial charge >= 0.3 is 12.0 Å². The van der Waals surface area contributed by atoms with Gasteiger partial charge in [-0.1, -0.05) is 13.8 Å². The maximum Gasteiger partial charge on any atom is 0.314 e. The standard InChI is InChI=1S/C13H25N3O3/c1-3-16(11-4-5-11)9-8-15-13(19)14-7-6-10(2)12(17)18/h10-11H,3-9H2,1-2H3,(H,17,18)(H2,14,15,19). The van der Waals surface area contributed by atoms with E-state index >= 15 is 0 Å². The molecule has 6 heteroatoms. The smallest absolute Gasteiger partial charge is 0.314 e. The first-order valence-electron chi connectivity index (χ1n) is 7.03. The molecule has 0 radical (unpaired) electrons. The Morgan fingerprint density at radius 1 is 1.32 bits per heavy atom. The first-order valence-corrected chi connectivity index (χ1v) is 7.03. The van der Waals surface area contributed by atoms with Crippen molar-refractivity contribution in [2.45, 2.75) is 39.2 Å². The average Bonchev–Trinajstić information content (AvgIpc) is 3.18. The maximum absolute atomic E-state index is 11.5. The topological polar surface area (TPSA) is 81.7 Å². The fraction of sp³-hybridized carbons (Fsp3) is 0.846. The molecular formula is C13H25N3O3. The summed E-state index contributed by atoms with van der Waals surface area (Å²) >= 11 is 0. The lowest BCUT2D eigenvalue weighted by Crippen LogP contribution is -2.41. The largest absolute Gasteiger partial charge is 0.481 e. The van der Waals surface area contributed by atoms with Gasteiger partial charge in [0.25, 0.3) is 0 Å². The van der Waals surface area contributed by atoms with E-state index in [-0.39, 0.29) is 6.03 Å². The van der Waals surface area contributed by atoms with Crippen LogP contribution in [0.25, 0.3) is 0 Å². The maximum atomic E-state index is 11.5. The zero-order valence-corrected chi connectivity index (χ0v) is 11.8. The average molecular weight is 271 g/mol. The highest BCUT2D eigenvalue weighted by Crippen LogP contribution is 2.25. The van der Waals surface area contributed by atoms with Crippen LogP contribution in [0.3, 0.4) is 0 Å². The van der Waals surface area contributed by atoms with E-state index in [1.807, 2.05) is 0 Å². The molecule has 0 aromatic rings. The zero-order valence-electron chi connectivity index (χ0n) is 11.8. The van der Waals surface area contributed by atoms with E-state index in [1.165, 1.54) is 12.8 Å². The minimum atomic E-state index is -0.828. The van der Waals surface area contributed by atoms with Gasteiger partial charge in [0.15, 0.2) is 0 Å². The number of carbonyl (C=O) groups excluding carboxylic acids is 1. The molecule has 0 spiro atoms. The molecule has 110 valence electrons. The number of rotatable bonds is 9. The fourth-order valence-corrected chi connectivity index (χ4v) is 1.94. The number of hydrogen-bond acceptors (Lipinski definition) is 3. The van der Waals surface area contributed by atoms with E-state index < -0.39 is 11.9 Å². The lowest BCUT2D eigenvalue weighted by molar-refractivity contribution is -0.141. The van der Waals surface area contributed by atoms with E-state index in [9.17, 15) is 9.59 Å². The Hall–Kier alpha value is -1.30. The number of carboxylic acids is 1. The molecule has 1 rings (SSSR count). The molecule has 0 bridgehead atoms. The molecule has 1 aliphatic carbocycles. The number of likely N-dealkylation sites (N-methyl/N-ethyl adjacent to an activating group) is 1. The number of nitrogens with zero attached hydrogens (tertiary/aromatic N) is 1. The minimum Gasteiger partial charge on any atom is -0.481 e. The Bertz CT molecular complexity index is 306. The van der Waals surface area contributed by atoms with Gasteiger partial charge in [0.2, 0.25) is 0 Å². The second kappa shape index (κ2) is 7.99. The molecule has 1 atom stereocenters. The van der Waals surface area contributed by atoms with Crippen LogP contribution in [-0.2, 0) is 4.79 Å². The highest BCUT2D eigenvalue weighted by molar-refractivity contribution is 5.74. The Labute approximate surface area is 114 Å². The monoisotopic (exact) mass is 271 g/mol. The van der Waals surface area contributed by atoms with Crippen LogP contribution >= 0.6 is 0 Å². The number of aliphatic carboxylic acids is 1. The summed E-state index contributed by atoms with van der Waals surface area (Å²) in [4.78, 5) is 24.4. The normalized spacial score (nSPS) is 16.2. The number of nitrogens with one attached hydrogen (secondary N) is 2. The summed E-state index contributed by atoms with van der Waals surface area (Å²) in [5, 5.41) is 14.2. The molecule has 0 saturated heterocycles. The van der Waals surface area contributed by atoms with Crippen molar-refractivity contribution in [3.8, 4) is 0 Å². The predicted octanol–water partition coefficient (Wildman–Crippen LogP) is 0.881. The van der Waals surface area contributed by atoms with Crippen LogP contribution in [0, 0.1) is 5.92 Å². The van der Waals surface area contributed by atoms with E-state index in [2.05, 4.69) is 22.5 Å². The van der Waals surface area contributed by atoms with Gasteiger partial charge in [-0.25, -0.2) is 4.79 Å². The molecule has 0 aliphatic heterocycles. The summed E-state index contributed by atoms with van der Waals surface area (Å²) in [5.74, 6) is -1.25. The van der Waals surface area contributed by atoms with Crippen molar-refractivity contribution in [2.75, 3.05) is 26.2 Å². The highest BCUT2D eigenvalue weighted by Gasteiger charge is 2.27. The summed E-state index contributed by atoms with van der Waals surface area (Å²) < 4.78 is 0. The van der Waals surface area contributed by atoms with Gasteiger partial charge in [0.1, 0.15) is 0 Å². The molecule has 3 N–H and O–H groups in total. The zero-order chi connectivity index (χ0) is 14.3. The van der Waals surface area contributed by atoms with E-state index in [0.29, 0.717) is 25.6 Å². The third-order valence-corrected chi connectivity index (χ3v) is 3.44. The molecule has 2 amide bonds. The van der Waals surface area contributed by atoms with Crippen molar-refractivity contribution >= 4 is 12.0 Å². The molecule has 19 heavy (non-hydrogen) atoms. The first-order chi connectivity index (χ1) is 9.04. The summed E-state index contributed by atoms with van der Waals surface area (Å²) in [6.45, 7) is 6.68. The summed E-state index contributed by atoms with van der Waals surface area (Å²) in [6.07, 6.45) is 2.99. The SMILES string of the molecule is CCN(CCNC(=O)NCCC(C)C(=O)O)C1CC1. The molecule has 1 saturated carbocycles. The van der Waals surface area contributed by atoms with Gasteiger partial charge < -0.3 is 15.7 Å². The summed E-state index contributed by atoms with van der Waals surface area (Å²) in [6, 6.07) is 0.496. The fourth-order valence-electron chi connectivity index (χ4n) is 1.94. The van der Waals surface area contributed by atoms with Gasteiger partial charge in [-0.15, -0.1) is 0 Å². The Balaban J connectivity index is 2.02. The molecule has 1 unspecified atom stereocenters. The Morgan fingerprint density at radius 3 is 2.47 bits per heavy atom. The number of carbonyl (C=O) groups is 2. The lowest BCUT2D eigenvalue weighted by Gasteiger charge is -2.19. The summed E-state index contributed by atoms with van der Waals surface area (Å²) in [7, 11) is 0. The van der Waals surface area contributed by atoms with Crippen LogP contribution in [0.2, 0.25) is 0 Å². The van der Waals surface area contributed by atoms with Crippen LogP contribution in [0.15, 0.2) is 0 Å². The molecule has 0 aromatic carbocycles. The second-order valence-corrected chi connectivity index (χ2v) is 5.07. The van der Waals surface area contributed by atoms with Crippen molar-refractivity contribution in [3.05, 3.63) is 0 Å². The van der Waals surface area contributed by atoms with Gasteiger partial charge in [-0.2, -0.15) is 0 Å². The van der Waals surface area contributed by atoms with Gasteiger partial charge in [-0.3, -0.25) is 9.69 Å². The third kappa shape index (κ3) is 6.42. The summed E-state index contributed by atoms with van der Waals surface area (Å²) in [5.41, 5.74) is 0. The Kier molecular flexibility index (Phi) is 6.62. The molecule has 1 aliphatic rings. The van der Waals surface area contributed by atoms with Gasteiger partial charge in [0, 0.05) is 25.7 Å². The molecular weight excluding hydrogens is 246 g/mol. The number of hydrogen-bond donors (Lipinski definition) is 3. The van der Waals surface area contributed by atoms with Gasteiger partial charge in [-0.05, 0) is 25.8 Å². The van der Waals surface area contributed by atoms with E-state index in [0.717, 1.165) is 13.1 Å². The van der Waals surface area contributed by atoms with Crippen molar-refractivity contribution in [3.63, 3.8) is 0 Å². The van der Waals surface area contributed by atoms with Crippen molar-refractivity contribution in [1.82, 2.24) is 15.5 Å². The van der Waals surface area contributed by atoms with Crippen molar-refractivity contribution < 1.29 is 14.7 Å². The first kappa shape index (κ1) is 15.8. The minimum absolute atomic E-state index is 0.218. The van der Waals surface area contributed by atoms with Crippen LogP contribution in [-0.4, -0.2) is 54.2 Å². The van der Waals surface area contributed by atoms with Crippen LogP contribution in [0.1, 0.15) is 33.1 Å². The van der Waals surface area contributed by atoms with Crippen molar-refractivity contribution in [2.24, 2.45) is 5.92 Å². The van der Waals surface area contributed by atoms with Gasteiger partial charge in [0.05, 0.1) is 5.92 Å². The molecule has 0 aromatic heterocycles. The van der Waals surface area contributed by atoms with Crippen LogP contribution in [0.4, 0.5) is 4.79 Å². The molecule has 6 nitrogen and oxygen atoms in total. The highest BCUT2D eigenvalue weighted by atomic mass is 16.4. The van der Waals surface area contributed by atoms with Crippen LogP contribution < -0.4 is 10.6 Å². The predicted molar refractivity (Wildman–Crippen MR) is 73.1 cm³/mol. The quantitative estimate of drug-likeness (QED) is 0.581. The number of carboxylic acid groups (broad SMARTS) is 1. The second-order valence-electron chi connectivity index (χ2n) is 5.07. The van der Waals surface area contributed by atoms with Crippen molar-refractivity contribution in [1.29, 1.82) is 0 Å². The van der Waals surface area contributed by atoms with E-state index in [4.69, 9.17) is 5.11 Å². The third-order valence-electron chi connectivity index (χ3n) is 3.44. The lowest BCUT2D eigenvalue weighted by atomic mass is 10.1.